The van der Waals surface area contributed by atoms with Crippen LogP contribution in [-0.2, 0) is 24.7 Å². The fourth-order valence-corrected chi connectivity index (χ4v) is 5.65. The highest BCUT2D eigenvalue weighted by molar-refractivity contribution is 7.91. The highest BCUT2D eigenvalue weighted by Crippen LogP contribution is 2.46. The number of azo groups is 2. The van der Waals surface area contributed by atoms with Gasteiger partial charge in [0.05, 0.1) is 36.2 Å². The molecule has 0 radical (unpaired) electrons. The number of ether oxygens (including phenoxy) is 2. The van der Waals surface area contributed by atoms with Crippen LogP contribution >= 0.6 is 0 Å². The molecule has 4 aromatic rings. The van der Waals surface area contributed by atoms with Crippen LogP contribution in [0.2, 0.25) is 0 Å². The Kier molecular flexibility index (Phi) is 9.27. The maximum Gasteiger partial charge on any atom is 0.296 e. The van der Waals surface area contributed by atoms with Crippen LogP contribution in [0, 0.1) is 0 Å². The van der Waals surface area contributed by atoms with E-state index in [1.54, 1.807) is 6.92 Å². The van der Waals surface area contributed by atoms with Crippen molar-refractivity contribution in [3.05, 3.63) is 60.7 Å². The smallest absolute Gasteiger partial charge is 0.296 e. The standard InChI is InChI=1S/C28H27N5O9S2/c1-5-43(36,37)19-11-9-18(10-12-19)30-31-21-14-24(42-4)22(15-23(21)41-3)32-33-27-25(44(38,39)40)13-17-7-6-8-20(29-16(2)34)26(17)28(27)35/h6-15,35H,5H2,1-4H3,(H,29,34)(H,38,39,40). The number of benzene rings is 4. The summed E-state index contributed by atoms with van der Waals surface area (Å²) < 4.78 is 69.3. The van der Waals surface area contributed by atoms with Crippen molar-refractivity contribution in [3.63, 3.8) is 0 Å². The summed E-state index contributed by atoms with van der Waals surface area (Å²) in [5.74, 6) is -0.851. The van der Waals surface area contributed by atoms with Crippen molar-refractivity contribution in [1.29, 1.82) is 0 Å². The molecular weight excluding hydrogens is 614 g/mol. The van der Waals surface area contributed by atoms with Gasteiger partial charge >= 0.3 is 0 Å². The number of carbonyl (C=O) groups excluding carboxylic acids is 1. The number of carbonyl (C=O) groups is 1. The molecule has 0 aliphatic rings. The molecule has 0 unspecified atom stereocenters. The van der Waals surface area contributed by atoms with Gasteiger partial charge in [0.25, 0.3) is 10.1 Å². The first-order valence-corrected chi connectivity index (χ1v) is 15.8. The van der Waals surface area contributed by atoms with Gasteiger partial charge in [0, 0.05) is 24.4 Å². The molecule has 0 spiro atoms. The van der Waals surface area contributed by atoms with E-state index in [0.29, 0.717) is 5.69 Å². The molecule has 0 aromatic heterocycles. The van der Waals surface area contributed by atoms with Crippen LogP contribution in [-0.4, -0.2) is 52.4 Å². The van der Waals surface area contributed by atoms with Gasteiger partial charge in [-0.25, -0.2) is 8.42 Å². The number of amides is 1. The number of aromatic hydroxyl groups is 1. The third kappa shape index (κ3) is 6.82. The van der Waals surface area contributed by atoms with Crippen LogP contribution < -0.4 is 14.8 Å². The molecule has 0 saturated heterocycles. The largest absolute Gasteiger partial charge is 0.505 e. The minimum Gasteiger partial charge on any atom is -0.505 e. The number of phenolic OH excluding ortho intramolecular Hbond substituents is 1. The quantitative estimate of drug-likeness (QED) is 0.129. The van der Waals surface area contributed by atoms with Crippen molar-refractivity contribution in [2.45, 2.75) is 23.6 Å². The second kappa shape index (κ2) is 12.7. The Morgan fingerprint density at radius 1 is 0.864 bits per heavy atom. The van der Waals surface area contributed by atoms with Crippen molar-refractivity contribution in [1.82, 2.24) is 0 Å². The summed E-state index contributed by atoms with van der Waals surface area (Å²) in [6.07, 6.45) is 0. The van der Waals surface area contributed by atoms with E-state index >= 15 is 0 Å². The maximum absolute atomic E-state index is 12.2. The van der Waals surface area contributed by atoms with Crippen LogP contribution in [0.15, 0.2) is 90.9 Å². The van der Waals surface area contributed by atoms with Crippen LogP contribution in [0.1, 0.15) is 13.8 Å². The molecule has 1 amide bonds. The lowest BCUT2D eigenvalue weighted by Crippen LogP contribution is -2.06. The molecule has 0 aliphatic carbocycles. The minimum absolute atomic E-state index is 0.0355. The molecule has 44 heavy (non-hydrogen) atoms. The second-order valence-electron chi connectivity index (χ2n) is 9.13. The lowest BCUT2D eigenvalue weighted by atomic mass is 10.1. The van der Waals surface area contributed by atoms with E-state index < -0.39 is 42.2 Å². The SMILES string of the molecule is CCS(=O)(=O)c1ccc(N=Nc2cc(OC)c(N=Nc3c(S(=O)(=O)O)cc4cccc(NC(C)=O)c4c3O)cc2OC)cc1. The number of sulfone groups is 1. The highest BCUT2D eigenvalue weighted by atomic mass is 32.2. The third-order valence-electron chi connectivity index (χ3n) is 6.25. The summed E-state index contributed by atoms with van der Waals surface area (Å²) in [5, 5.41) is 30.2. The Balaban J connectivity index is 1.78. The Morgan fingerprint density at radius 2 is 1.45 bits per heavy atom. The fourth-order valence-electron chi connectivity index (χ4n) is 4.11. The predicted octanol–water partition coefficient (Wildman–Crippen LogP) is 6.39. The summed E-state index contributed by atoms with van der Waals surface area (Å²) >= 11 is 0. The maximum atomic E-state index is 12.2. The average molecular weight is 642 g/mol. The summed E-state index contributed by atoms with van der Waals surface area (Å²) in [4.78, 5) is 11.1. The first-order chi connectivity index (χ1) is 20.8. The molecule has 0 aliphatic heterocycles. The van der Waals surface area contributed by atoms with Crippen LogP contribution in [0.4, 0.5) is 28.4 Å². The molecular formula is C28H27N5O9S2. The van der Waals surface area contributed by atoms with E-state index in [0.717, 1.165) is 6.07 Å². The molecule has 4 aromatic carbocycles. The summed E-state index contributed by atoms with van der Waals surface area (Å²) in [5.41, 5.74) is 0.208. The molecule has 0 atom stereocenters. The summed E-state index contributed by atoms with van der Waals surface area (Å²) in [7, 11) is -5.56. The number of nitrogens with zero attached hydrogens (tertiary/aromatic N) is 4. The van der Waals surface area contributed by atoms with E-state index in [9.17, 15) is 31.3 Å². The monoisotopic (exact) mass is 641 g/mol. The van der Waals surface area contributed by atoms with Crippen molar-refractivity contribution >= 4 is 65.1 Å². The van der Waals surface area contributed by atoms with Crippen molar-refractivity contribution in [2.75, 3.05) is 25.3 Å². The van der Waals surface area contributed by atoms with E-state index in [-0.39, 0.29) is 50.0 Å². The van der Waals surface area contributed by atoms with Gasteiger partial charge in [-0.15, -0.1) is 15.3 Å². The minimum atomic E-state index is -4.89. The van der Waals surface area contributed by atoms with Gasteiger partial charge < -0.3 is 19.9 Å². The molecule has 16 heteroatoms. The molecule has 230 valence electrons. The first kappa shape index (κ1) is 32.0. The number of rotatable bonds is 10. The van der Waals surface area contributed by atoms with Gasteiger partial charge in [-0.05, 0) is 41.8 Å². The molecule has 14 nitrogen and oxygen atoms in total. The number of hydrogen-bond donors (Lipinski definition) is 3. The lowest BCUT2D eigenvalue weighted by molar-refractivity contribution is -0.114. The van der Waals surface area contributed by atoms with Crippen molar-refractivity contribution in [2.24, 2.45) is 20.5 Å². The van der Waals surface area contributed by atoms with Gasteiger partial charge in [0.1, 0.15) is 33.5 Å². The van der Waals surface area contributed by atoms with Gasteiger partial charge in [-0.2, -0.15) is 13.5 Å². The van der Waals surface area contributed by atoms with Crippen molar-refractivity contribution in [3.8, 4) is 17.2 Å². The number of hydrogen-bond acceptors (Lipinski definition) is 12. The Hall–Kier alpha value is -4.93. The lowest BCUT2D eigenvalue weighted by Gasteiger charge is -2.13. The zero-order chi connectivity index (χ0) is 32.2. The van der Waals surface area contributed by atoms with E-state index in [2.05, 4.69) is 25.8 Å². The Bertz CT molecular complexity index is 2030. The molecule has 0 heterocycles. The summed E-state index contributed by atoms with van der Waals surface area (Å²) in [6.45, 7) is 2.82. The van der Waals surface area contributed by atoms with E-state index in [4.69, 9.17) is 9.47 Å². The van der Waals surface area contributed by atoms with Gasteiger partial charge in [0.15, 0.2) is 15.6 Å². The van der Waals surface area contributed by atoms with Gasteiger partial charge in [-0.1, -0.05) is 19.1 Å². The molecule has 3 N–H and O–H groups in total. The second-order valence-corrected chi connectivity index (χ2v) is 12.8. The topological polar surface area (TPSA) is 206 Å². The molecule has 4 rings (SSSR count). The van der Waals surface area contributed by atoms with E-state index in [1.165, 1.54) is 75.7 Å². The number of nitrogens with one attached hydrogen (secondary N) is 1. The van der Waals surface area contributed by atoms with Gasteiger partial charge in [0.2, 0.25) is 5.91 Å². The van der Waals surface area contributed by atoms with Crippen LogP contribution in [0.5, 0.6) is 17.2 Å². The number of phenols is 1. The number of methoxy groups -OCH3 is 2. The molecule has 0 bridgehead atoms. The van der Waals surface area contributed by atoms with Crippen LogP contribution in [0.25, 0.3) is 10.8 Å². The number of fused-ring (bicyclic) bond motifs is 1. The zero-order valence-corrected chi connectivity index (χ0v) is 25.5. The fraction of sp³-hybridized carbons (Fsp3) is 0.179. The highest BCUT2D eigenvalue weighted by Gasteiger charge is 2.24. The third-order valence-corrected chi connectivity index (χ3v) is 8.87. The average Bonchev–Trinajstić information content (AvgIpc) is 2.98. The van der Waals surface area contributed by atoms with Crippen molar-refractivity contribution < 1.29 is 40.8 Å². The predicted molar refractivity (Wildman–Crippen MR) is 162 cm³/mol. The zero-order valence-electron chi connectivity index (χ0n) is 23.8. The van der Waals surface area contributed by atoms with E-state index in [1.807, 2.05) is 0 Å². The van der Waals surface area contributed by atoms with Gasteiger partial charge in [-0.3, -0.25) is 9.35 Å². The number of anilines is 1. The van der Waals surface area contributed by atoms with Crippen LogP contribution in [0.3, 0.4) is 0 Å². The Labute approximate surface area is 252 Å². The molecule has 0 saturated carbocycles. The normalized spacial score (nSPS) is 12.2. The first-order valence-electron chi connectivity index (χ1n) is 12.7. The Morgan fingerprint density at radius 3 is 1.98 bits per heavy atom. The molecule has 0 fully saturated rings. The summed E-state index contributed by atoms with van der Waals surface area (Å²) in [6, 6.07) is 14.3.